The van der Waals surface area contributed by atoms with Crippen LogP contribution in [-0.4, -0.2) is 40.6 Å². The maximum atomic E-state index is 12.8. The van der Waals surface area contributed by atoms with Gasteiger partial charge in [0.15, 0.2) is 12.2 Å². The lowest BCUT2D eigenvalue weighted by atomic mass is 10.0. The Morgan fingerprint density at radius 1 is 1.15 bits per heavy atom. The van der Waals surface area contributed by atoms with Gasteiger partial charge < -0.3 is 25.2 Å². The monoisotopic (exact) mass is 354 g/mol. The van der Waals surface area contributed by atoms with Crippen molar-refractivity contribution in [1.29, 1.82) is 0 Å². The Hall–Kier alpha value is -2.90. The van der Waals surface area contributed by atoms with Crippen LogP contribution in [0.1, 0.15) is 11.1 Å². The van der Waals surface area contributed by atoms with E-state index in [2.05, 4.69) is 0 Å². The molecule has 2 fully saturated rings. The zero-order valence-corrected chi connectivity index (χ0v) is 13.9. The molecule has 2 aromatic carbocycles. The van der Waals surface area contributed by atoms with Gasteiger partial charge in [-0.25, -0.2) is 4.79 Å². The van der Waals surface area contributed by atoms with E-state index < -0.39 is 24.0 Å². The van der Waals surface area contributed by atoms with Crippen LogP contribution in [0, 0.1) is 0 Å². The summed E-state index contributed by atoms with van der Waals surface area (Å²) in [6.07, 6.45) is -2.52. The fourth-order valence-corrected chi connectivity index (χ4v) is 3.41. The molecule has 4 rings (SSSR count). The first-order valence-corrected chi connectivity index (χ1v) is 8.26. The third-order valence-corrected chi connectivity index (χ3v) is 4.67. The quantitative estimate of drug-likeness (QED) is 0.803. The molecule has 0 radical (unpaired) electrons. The third-order valence-electron chi connectivity index (χ3n) is 4.67. The number of aliphatic carboxylic acids is 1. The minimum absolute atomic E-state index is 0.102. The summed E-state index contributed by atoms with van der Waals surface area (Å²) in [5, 5.41) is 9.46. The molecule has 7 heteroatoms. The average molecular weight is 354 g/mol. The molecule has 26 heavy (non-hydrogen) atoms. The maximum absolute atomic E-state index is 12.8. The van der Waals surface area contributed by atoms with Gasteiger partial charge in [0.2, 0.25) is 5.79 Å². The van der Waals surface area contributed by atoms with Crippen molar-refractivity contribution < 1.29 is 24.2 Å². The van der Waals surface area contributed by atoms with Gasteiger partial charge in [-0.1, -0.05) is 42.5 Å². The van der Waals surface area contributed by atoms with Crippen molar-refractivity contribution in [2.45, 2.75) is 24.5 Å². The van der Waals surface area contributed by atoms with E-state index in [4.69, 9.17) is 15.2 Å². The van der Waals surface area contributed by atoms with Crippen molar-refractivity contribution in [1.82, 2.24) is 4.90 Å². The van der Waals surface area contributed by atoms with Gasteiger partial charge in [0.1, 0.15) is 0 Å². The normalized spacial score (nSPS) is 27.5. The van der Waals surface area contributed by atoms with E-state index in [0.29, 0.717) is 17.8 Å². The van der Waals surface area contributed by atoms with Crippen LogP contribution in [0.25, 0.3) is 0 Å². The largest absolute Gasteiger partial charge is 0.479 e. The third kappa shape index (κ3) is 2.71. The Balaban J connectivity index is 1.70. The van der Waals surface area contributed by atoms with Gasteiger partial charge >= 0.3 is 5.97 Å². The molecule has 3 atom stereocenters. The van der Waals surface area contributed by atoms with Crippen molar-refractivity contribution in [3.63, 3.8) is 0 Å². The number of carbonyl (C=O) groups excluding carboxylic acids is 1. The zero-order valence-electron chi connectivity index (χ0n) is 13.9. The lowest BCUT2D eigenvalue weighted by Gasteiger charge is -2.38. The van der Waals surface area contributed by atoms with E-state index in [9.17, 15) is 14.7 Å². The molecule has 0 aliphatic carbocycles. The van der Waals surface area contributed by atoms with Crippen LogP contribution >= 0.6 is 0 Å². The number of nitrogens with two attached hydrogens (primary N) is 1. The summed E-state index contributed by atoms with van der Waals surface area (Å²) >= 11 is 0. The minimum atomic E-state index is -1.35. The first kappa shape index (κ1) is 16.6. The van der Waals surface area contributed by atoms with Crippen molar-refractivity contribution in [2.24, 2.45) is 0 Å². The first-order valence-electron chi connectivity index (χ1n) is 8.26. The summed E-state index contributed by atoms with van der Waals surface area (Å²) < 4.78 is 11.6. The van der Waals surface area contributed by atoms with Gasteiger partial charge in [-0.2, -0.15) is 0 Å². The summed E-state index contributed by atoms with van der Waals surface area (Å²) in [7, 11) is 0. The van der Waals surface area contributed by atoms with E-state index in [-0.39, 0.29) is 12.5 Å². The van der Waals surface area contributed by atoms with Crippen LogP contribution < -0.4 is 5.73 Å². The average Bonchev–Trinajstić information content (AvgIpc) is 2.98. The van der Waals surface area contributed by atoms with Gasteiger partial charge in [-0.15, -0.1) is 0 Å². The number of amides is 1. The second kappa shape index (κ2) is 6.12. The Kier molecular flexibility index (Phi) is 3.90. The van der Waals surface area contributed by atoms with E-state index in [1.807, 2.05) is 30.3 Å². The number of hydrogen-bond donors (Lipinski definition) is 2. The van der Waals surface area contributed by atoms with Crippen LogP contribution in [0.3, 0.4) is 0 Å². The van der Waals surface area contributed by atoms with Crippen LogP contribution in [-0.2, 0) is 31.4 Å². The molecule has 3 N–H and O–H groups in total. The molecule has 0 aromatic heterocycles. The predicted octanol–water partition coefficient (Wildman–Crippen LogP) is 1.33. The predicted molar refractivity (Wildman–Crippen MR) is 91.8 cm³/mol. The summed E-state index contributed by atoms with van der Waals surface area (Å²) in [5.74, 6) is -2.92. The lowest BCUT2D eigenvalue weighted by molar-refractivity contribution is -0.219. The number of hydrogen-bond acceptors (Lipinski definition) is 5. The van der Waals surface area contributed by atoms with E-state index in [1.165, 1.54) is 0 Å². The van der Waals surface area contributed by atoms with Crippen molar-refractivity contribution in [3.05, 3.63) is 65.7 Å². The fourth-order valence-electron chi connectivity index (χ4n) is 3.41. The van der Waals surface area contributed by atoms with E-state index >= 15 is 0 Å². The maximum Gasteiger partial charge on any atom is 0.336 e. The minimum Gasteiger partial charge on any atom is -0.479 e. The standard InChI is InChI=1S/C19H18N2O5/c20-14-8-6-13(7-9-14)19-11-21(10-12-4-2-1-3-5-12)17(22)15(25-19)16(26-19)18(23)24/h1-9,15-16H,10-11,20H2,(H,23,24). The van der Waals surface area contributed by atoms with Crippen molar-refractivity contribution >= 4 is 17.6 Å². The molecular weight excluding hydrogens is 336 g/mol. The number of nitrogen functional groups attached to an aromatic ring is 1. The lowest BCUT2D eigenvalue weighted by Crippen LogP contribution is -2.53. The second-order valence-corrected chi connectivity index (χ2v) is 6.47. The SMILES string of the molecule is Nc1ccc(C23CN(Cc4ccccc4)C(=O)C(O2)C(C(=O)O)O3)cc1. The molecule has 3 unspecified atom stereocenters. The second-order valence-electron chi connectivity index (χ2n) is 6.47. The summed E-state index contributed by atoms with van der Waals surface area (Å²) in [6, 6.07) is 16.3. The summed E-state index contributed by atoms with van der Waals surface area (Å²) in [4.78, 5) is 25.9. The van der Waals surface area contributed by atoms with Crippen LogP contribution in [0.15, 0.2) is 54.6 Å². The molecule has 2 aliphatic rings. The number of nitrogens with zero attached hydrogens (tertiary/aromatic N) is 1. The number of ether oxygens (including phenoxy) is 2. The van der Waals surface area contributed by atoms with Gasteiger partial charge in [0, 0.05) is 17.8 Å². The Morgan fingerprint density at radius 3 is 2.50 bits per heavy atom. The van der Waals surface area contributed by atoms with Gasteiger partial charge in [-0.3, -0.25) is 4.79 Å². The van der Waals surface area contributed by atoms with Crippen LogP contribution in [0.4, 0.5) is 5.69 Å². The van der Waals surface area contributed by atoms with Gasteiger partial charge in [0.25, 0.3) is 5.91 Å². The Morgan fingerprint density at radius 2 is 1.85 bits per heavy atom. The van der Waals surface area contributed by atoms with E-state index in [1.54, 1.807) is 29.2 Å². The highest BCUT2D eigenvalue weighted by Crippen LogP contribution is 2.43. The molecule has 2 heterocycles. The Bertz CT molecular complexity index is 839. The summed E-state index contributed by atoms with van der Waals surface area (Å²) in [5.41, 5.74) is 7.89. The Labute approximate surface area is 149 Å². The number of carboxylic acids is 1. The number of morpholine rings is 1. The smallest absolute Gasteiger partial charge is 0.336 e. The molecule has 2 aliphatic heterocycles. The van der Waals surface area contributed by atoms with Gasteiger partial charge in [0.05, 0.1) is 6.54 Å². The molecule has 2 bridgehead atoms. The van der Waals surface area contributed by atoms with Crippen LogP contribution in [0.5, 0.6) is 0 Å². The van der Waals surface area contributed by atoms with E-state index in [0.717, 1.165) is 5.56 Å². The van der Waals surface area contributed by atoms with Gasteiger partial charge in [-0.05, 0) is 17.7 Å². The number of carbonyl (C=O) groups is 2. The van der Waals surface area contributed by atoms with Crippen molar-refractivity contribution in [2.75, 3.05) is 12.3 Å². The number of rotatable bonds is 4. The highest BCUT2D eigenvalue weighted by molar-refractivity contribution is 5.89. The number of benzene rings is 2. The molecule has 2 saturated heterocycles. The molecular formula is C19H18N2O5. The molecule has 134 valence electrons. The molecule has 1 amide bonds. The number of fused-ring (bicyclic) bond motifs is 2. The summed E-state index contributed by atoms with van der Waals surface area (Å²) in [6.45, 7) is 0.455. The fraction of sp³-hybridized carbons (Fsp3) is 0.263. The molecule has 7 nitrogen and oxygen atoms in total. The highest BCUT2D eigenvalue weighted by atomic mass is 16.8. The molecule has 0 saturated carbocycles. The van der Waals surface area contributed by atoms with Crippen LogP contribution in [0.2, 0.25) is 0 Å². The van der Waals surface area contributed by atoms with Crippen molar-refractivity contribution in [3.8, 4) is 0 Å². The molecule has 0 spiro atoms. The highest BCUT2D eigenvalue weighted by Gasteiger charge is 2.60. The zero-order chi connectivity index (χ0) is 18.3. The first-order chi connectivity index (χ1) is 12.5. The number of carboxylic acid groups (broad SMARTS) is 1. The molecule has 2 aromatic rings. The number of anilines is 1. The topological polar surface area (TPSA) is 102 Å².